The molecule has 11 nitrogen and oxygen atoms in total. The van der Waals surface area contributed by atoms with Crippen molar-refractivity contribution in [1.82, 2.24) is 10.2 Å². The monoisotopic (exact) mass is 426 g/mol. The Morgan fingerprint density at radius 1 is 1.17 bits per heavy atom. The molecule has 0 radical (unpaired) electrons. The van der Waals surface area contributed by atoms with Crippen molar-refractivity contribution in [1.29, 1.82) is 0 Å². The summed E-state index contributed by atoms with van der Waals surface area (Å²) in [6.07, 6.45) is 0.108. The number of halogens is 1. The highest BCUT2D eigenvalue weighted by atomic mass is 19.1. The predicted molar refractivity (Wildman–Crippen MR) is 110 cm³/mol. The normalized spacial score (nSPS) is 11.5. The van der Waals surface area contributed by atoms with Crippen LogP contribution in [0.4, 0.5) is 10.1 Å². The van der Waals surface area contributed by atoms with Crippen LogP contribution in [0.5, 0.6) is 0 Å². The van der Waals surface area contributed by atoms with E-state index in [9.17, 15) is 18.8 Å². The van der Waals surface area contributed by atoms with Gasteiger partial charge in [-0.1, -0.05) is 6.07 Å². The summed E-state index contributed by atoms with van der Waals surface area (Å²) in [4.78, 5) is 37.5. The van der Waals surface area contributed by atoms with Crippen molar-refractivity contribution in [3.8, 4) is 0 Å². The van der Waals surface area contributed by atoms with Gasteiger partial charge in [0.15, 0.2) is 0 Å². The molecule has 1 aromatic rings. The predicted octanol–water partition coefficient (Wildman–Crippen LogP) is -3.59. The lowest BCUT2D eigenvalue weighted by molar-refractivity contribution is -0.131. The highest BCUT2D eigenvalue weighted by Crippen LogP contribution is 2.08. The van der Waals surface area contributed by atoms with E-state index in [1.807, 2.05) is 0 Å². The molecule has 0 aromatic heterocycles. The first-order valence-corrected chi connectivity index (χ1v) is 9.36. The molecule has 1 atom stereocenters. The minimum absolute atomic E-state index is 0.0309. The van der Waals surface area contributed by atoms with Crippen LogP contribution < -0.4 is 33.3 Å². The standard InChI is InChI=1S/C17H28BFN6O5/c19-13-9-11(1-2-12(13)18(29)30)24-15(26)10-23-17(28)14(22)3-4-16(27)25(7-5-20)8-6-21/h1-2,9,14,29-30H,3-8,10,20-22H2,(H,23,28)(H,24,26). The lowest BCUT2D eigenvalue weighted by Gasteiger charge is -2.22. The van der Waals surface area contributed by atoms with Gasteiger partial charge in [0.25, 0.3) is 0 Å². The number of amides is 3. The number of rotatable bonds is 12. The molecule has 0 saturated carbocycles. The Morgan fingerprint density at radius 2 is 1.80 bits per heavy atom. The zero-order valence-electron chi connectivity index (χ0n) is 16.5. The maximum atomic E-state index is 13.7. The number of carbonyl (C=O) groups excluding carboxylic acids is 3. The average Bonchev–Trinajstić information content (AvgIpc) is 2.69. The molecule has 0 saturated heterocycles. The van der Waals surface area contributed by atoms with Crippen molar-refractivity contribution >= 4 is 36.0 Å². The molecular weight excluding hydrogens is 398 g/mol. The number of carbonyl (C=O) groups is 3. The Hall–Kier alpha value is -2.58. The van der Waals surface area contributed by atoms with Crippen molar-refractivity contribution in [3.63, 3.8) is 0 Å². The Labute approximate surface area is 173 Å². The zero-order chi connectivity index (χ0) is 22.7. The van der Waals surface area contributed by atoms with Gasteiger partial charge < -0.3 is 42.8 Å². The third-order valence-electron chi connectivity index (χ3n) is 4.14. The number of nitrogens with zero attached hydrogens (tertiary/aromatic N) is 1. The fraction of sp³-hybridized carbons (Fsp3) is 0.471. The van der Waals surface area contributed by atoms with Crippen molar-refractivity contribution in [2.45, 2.75) is 18.9 Å². The Balaban J connectivity index is 2.44. The van der Waals surface area contributed by atoms with Crippen LogP contribution in [0.25, 0.3) is 0 Å². The molecule has 166 valence electrons. The van der Waals surface area contributed by atoms with Gasteiger partial charge in [-0.25, -0.2) is 4.39 Å². The summed E-state index contributed by atoms with van der Waals surface area (Å²) in [7, 11) is -1.97. The van der Waals surface area contributed by atoms with Crippen molar-refractivity contribution in [2.75, 3.05) is 38.0 Å². The molecule has 13 heteroatoms. The topological polar surface area (TPSA) is 197 Å². The molecular formula is C17H28BFN6O5. The molecule has 3 amide bonds. The lowest BCUT2D eigenvalue weighted by atomic mass is 9.80. The number of benzene rings is 1. The van der Waals surface area contributed by atoms with E-state index in [2.05, 4.69) is 10.6 Å². The van der Waals surface area contributed by atoms with E-state index in [4.69, 9.17) is 27.2 Å². The van der Waals surface area contributed by atoms with Gasteiger partial charge in [0.2, 0.25) is 17.7 Å². The molecule has 1 aromatic carbocycles. The molecule has 0 bridgehead atoms. The van der Waals surface area contributed by atoms with Crippen molar-refractivity contribution < 1.29 is 28.8 Å². The second-order valence-electron chi connectivity index (χ2n) is 6.48. The molecule has 1 unspecified atom stereocenters. The van der Waals surface area contributed by atoms with Crippen molar-refractivity contribution in [3.05, 3.63) is 24.0 Å². The van der Waals surface area contributed by atoms with E-state index >= 15 is 0 Å². The van der Waals surface area contributed by atoms with E-state index in [1.54, 1.807) is 0 Å². The fourth-order valence-electron chi connectivity index (χ4n) is 2.56. The molecule has 10 N–H and O–H groups in total. The molecule has 0 fully saturated rings. The minimum Gasteiger partial charge on any atom is -0.423 e. The summed E-state index contributed by atoms with van der Waals surface area (Å²) >= 11 is 0. The third-order valence-corrected chi connectivity index (χ3v) is 4.14. The van der Waals surface area contributed by atoms with Gasteiger partial charge in [-0.15, -0.1) is 0 Å². The van der Waals surface area contributed by atoms with Crippen LogP contribution in [-0.4, -0.2) is 78.6 Å². The largest absolute Gasteiger partial charge is 0.491 e. The summed E-state index contributed by atoms with van der Waals surface area (Å²) in [5, 5.41) is 22.6. The Morgan fingerprint density at radius 3 is 2.33 bits per heavy atom. The summed E-state index contributed by atoms with van der Waals surface area (Å²) < 4.78 is 13.7. The van der Waals surface area contributed by atoms with Gasteiger partial charge >= 0.3 is 7.12 Å². The van der Waals surface area contributed by atoms with Gasteiger partial charge in [0, 0.05) is 43.8 Å². The van der Waals surface area contributed by atoms with Gasteiger partial charge in [0.05, 0.1) is 12.6 Å². The van der Waals surface area contributed by atoms with Crippen LogP contribution in [0.2, 0.25) is 0 Å². The van der Waals surface area contributed by atoms with Crippen LogP contribution in [-0.2, 0) is 14.4 Å². The van der Waals surface area contributed by atoms with Crippen molar-refractivity contribution in [2.24, 2.45) is 17.2 Å². The molecule has 30 heavy (non-hydrogen) atoms. The minimum atomic E-state index is -1.97. The Kier molecular flexibility index (Phi) is 10.9. The second-order valence-corrected chi connectivity index (χ2v) is 6.48. The molecule has 0 aliphatic heterocycles. The van der Waals surface area contributed by atoms with Gasteiger partial charge in [-0.3, -0.25) is 14.4 Å². The maximum absolute atomic E-state index is 13.7. The maximum Gasteiger partial charge on any atom is 0.491 e. The number of hydrogen-bond donors (Lipinski definition) is 7. The third kappa shape index (κ3) is 8.43. The summed E-state index contributed by atoms with van der Waals surface area (Å²) in [6.45, 7) is 0.882. The molecule has 0 aliphatic rings. The zero-order valence-corrected chi connectivity index (χ0v) is 16.5. The van der Waals surface area contributed by atoms with E-state index in [0.717, 1.165) is 12.1 Å². The molecule has 0 aliphatic carbocycles. The van der Waals surface area contributed by atoms with Gasteiger partial charge in [-0.05, 0) is 18.6 Å². The fourth-order valence-corrected chi connectivity index (χ4v) is 2.56. The smallest absolute Gasteiger partial charge is 0.423 e. The summed E-state index contributed by atoms with van der Waals surface area (Å²) in [5.41, 5.74) is 16.4. The number of anilines is 1. The number of nitrogens with one attached hydrogen (secondary N) is 2. The first-order valence-electron chi connectivity index (χ1n) is 9.36. The average molecular weight is 426 g/mol. The van der Waals surface area contributed by atoms with E-state index < -0.39 is 37.3 Å². The Bertz CT molecular complexity index is 733. The van der Waals surface area contributed by atoms with Crippen LogP contribution in [0.3, 0.4) is 0 Å². The second kappa shape index (κ2) is 12.9. The van der Waals surface area contributed by atoms with Crippen LogP contribution in [0, 0.1) is 5.82 Å². The first-order chi connectivity index (χ1) is 14.2. The summed E-state index contributed by atoms with van der Waals surface area (Å²) in [5.74, 6) is -2.38. The highest BCUT2D eigenvalue weighted by molar-refractivity contribution is 6.58. The quantitative estimate of drug-likeness (QED) is 0.166. The van der Waals surface area contributed by atoms with E-state index in [0.29, 0.717) is 26.2 Å². The molecule has 1 rings (SSSR count). The highest BCUT2D eigenvalue weighted by Gasteiger charge is 2.19. The van der Waals surface area contributed by atoms with Gasteiger partial charge in [0.1, 0.15) is 5.82 Å². The van der Waals surface area contributed by atoms with E-state index in [1.165, 1.54) is 11.0 Å². The lowest BCUT2D eigenvalue weighted by Crippen LogP contribution is -2.45. The SMILES string of the molecule is NCCN(CCN)C(=O)CCC(N)C(=O)NCC(=O)Nc1ccc(B(O)O)c(F)c1. The van der Waals surface area contributed by atoms with Crippen LogP contribution in [0.15, 0.2) is 18.2 Å². The number of nitrogens with two attached hydrogens (primary N) is 3. The first kappa shape index (κ1) is 25.5. The van der Waals surface area contributed by atoms with Gasteiger partial charge in [-0.2, -0.15) is 0 Å². The molecule has 0 heterocycles. The number of hydrogen-bond acceptors (Lipinski definition) is 8. The summed E-state index contributed by atoms with van der Waals surface area (Å²) in [6, 6.07) is 2.31. The van der Waals surface area contributed by atoms with Crippen LogP contribution >= 0.6 is 0 Å². The van der Waals surface area contributed by atoms with E-state index in [-0.39, 0.29) is 29.9 Å². The molecule has 0 spiro atoms. The van der Waals surface area contributed by atoms with Crippen LogP contribution in [0.1, 0.15) is 12.8 Å².